The van der Waals surface area contributed by atoms with Crippen molar-refractivity contribution < 1.29 is 33.8 Å². The third-order valence-electron chi connectivity index (χ3n) is 4.37. The number of nitrogens with one attached hydrogen (secondary N) is 3. The Balaban J connectivity index is 2.11. The molecule has 1 heterocycles. The van der Waals surface area contributed by atoms with E-state index in [9.17, 15) is 29.2 Å². The van der Waals surface area contributed by atoms with Crippen LogP contribution in [0.2, 0.25) is 0 Å². The maximum absolute atomic E-state index is 12.5. The Bertz CT molecular complexity index is 1200. The molecule has 2 aromatic rings. The van der Waals surface area contributed by atoms with Gasteiger partial charge in [0, 0.05) is 17.5 Å². The molecule has 0 spiro atoms. The minimum atomic E-state index is -1.23. The summed E-state index contributed by atoms with van der Waals surface area (Å²) in [5, 5.41) is 24.8. The summed E-state index contributed by atoms with van der Waals surface area (Å²) in [6.45, 7) is -1.99. The lowest BCUT2D eigenvalue weighted by molar-refractivity contribution is -0.137. The van der Waals surface area contributed by atoms with Crippen molar-refractivity contribution in [1.29, 1.82) is 5.26 Å². The fourth-order valence-corrected chi connectivity index (χ4v) is 2.82. The van der Waals surface area contributed by atoms with E-state index in [2.05, 4.69) is 16.0 Å². The number of hydrogen-bond acceptors (Lipinski definition) is 8. The van der Waals surface area contributed by atoms with Gasteiger partial charge in [0.2, 0.25) is 17.7 Å². The van der Waals surface area contributed by atoms with Crippen molar-refractivity contribution in [2.24, 2.45) is 0 Å². The van der Waals surface area contributed by atoms with Gasteiger partial charge in [0.25, 0.3) is 5.56 Å². The zero-order valence-corrected chi connectivity index (χ0v) is 17.8. The number of benzene rings is 1. The zero-order chi connectivity index (χ0) is 24.5. The second kappa shape index (κ2) is 11.1. The Morgan fingerprint density at radius 1 is 0.939 bits per heavy atom. The van der Waals surface area contributed by atoms with Gasteiger partial charge in [-0.1, -0.05) is 0 Å². The number of carboxylic acid groups (broad SMARTS) is 1. The number of aliphatic carboxylic acids is 1. The highest BCUT2D eigenvalue weighted by Gasteiger charge is 2.16. The van der Waals surface area contributed by atoms with Crippen molar-refractivity contribution >= 4 is 34.6 Å². The predicted octanol–water partition coefficient (Wildman–Crippen LogP) is -1.68. The van der Waals surface area contributed by atoms with Crippen LogP contribution in [-0.2, 0) is 25.7 Å². The maximum Gasteiger partial charge on any atom is 0.322 e. The fourth-order valence-electron chi connectivity index (χ4n) is 2.82. The van der Waals surface area contributed by atoms with Gasteiger partial charge in [0.05, 0.1) is 38.4 Å². The molecule has 174 valence electrons. The second-order valence-corrected chi connectivity index (χ2v) is 6.54. The van der Waals surface area contributed by atoms with Gasteiger partial charge in [0.1, 0.15) is 19.2 Å². The molecule has 0 saturated heterocycles. The summed E-state index contributed by atoms with van der Waals surface area (Å²) in [5.41, 5.74) is -0.263. The molecule has 1 aromatic heterocycles. The SMILES string of the molecule is COc1cc2c(C#N)cc(=O)n(CC(=O)NCC(=O)NCC(=O)NCC(=O)O)c2cc1OC. The molecule has 0 aliphatic heterocycles. The van der Waals surface area contributed by atoms with E-state index in [-0.39, 0.29) is 16.8 Å². The van der Waals surface area contributed by atoms with E-state index in [1.54, 1.807) is 0 Å². The van der Waals surface area contributed by atoms with Crippen LogP contribution < -0.4 is 31.0 Å². The topological polar surface area (TPSA) is 189 Å². The van der Waals surface area contributed by atoms with Crippen LogP contribution in [0.5, 0.6) is 11.5 Å². The molecule has 3 amide bonds. The lowest BCUT2D eigenvalue weighted by Gasteiger charge is -2.14. The van der Waals surface area contributed by atoms with Gasteiger partial charge < -0.3 is 30.5 Å². The lowest BCUT2D eigenvalue weighted by atomic mass is 10.1. The Hall–Kier alpha value is -4.60. The monoisotopic (exact) mass is 459 g/mol. The average molecular weight is 459 g/mol. The summed E-state index contributed by atoms with van der Waals surface area (Å²) in [4.78, 5) is 58.4. The van der Waals surface area contributed by atoms with Crippen molar-refractivity contribution in [2.75, 3.05) is 33.9 Å². The molecule has 13 nitrogen and oxygen atoms in total. The van der Waals surface area contributed by atoms with Crippen molar-refractivity contribution in [3.05, 3.63) is 34.1 Å². The first-order valence-electron chi connectivity index (χ1n) is 9.41. The highest BCUT2D eigenvalue weighted by Crippen LogP contribution is 2.32. The summed E-state index contributed by atoms with van der Waals surface area (Å²) in [6, 6.07) is 6.00. The Labute approximate surface area is 186 Å². The summed E-state index contributed by atoms with van der Waals surface area (Å²) in [6.07, 6.45) is 0. The van der Waals surface area contributed by atoms with Crippen molar-refractivity contribution in [3.63, 3.8) is 0 Å². The number of nitrogens with zero attached hydrogens (tertiary/aromatic N) is 2. The molecule has 0 saturated carbocycles. The zero-order valence-electron chi connectivity index (χ0n) is 17.8. The number of ether oxygens (including phenoxy) is 2. The molecule has 4 N–H and O–H groups in total. The molecule has 0 atom stereocenters. The lowest BCUT2D eigenvalue weighted by Crippen LogP contribution is -2.43. The number of methoxy groups -OCH3 is 2. The largest absolute Gasteiger partial charge is 0.493 e. The number of pyridine rings is 1. The van der Waals surface area contributed by atoms with E-state index < -0.39 is 55.4 Å². The van der Waals surface area contributed by atoms with E-state index >= 15 is 0 Å². The molecule has 13 heteroatoms. The number of amides is 3. The van der Waals surface area contributed by atoms with Gasteiger partial charge in [-0.15, -0.1) is 0 Å². The van der Waals surface area contributed by atoms with Crippen LogP contribution in [0.1, 0.15) is 5.56 Å². The molecular weight excluding hydrogens is 438 g/mol. The van der Waals surface area contributed by atoms with Crippen LogP contribution in [-0.4, -0.2) is 67.2 Å². The van der Waals surface area contributed by atoms with E-state index in [1.165, 1.54) is 26.4 Å². The number of carbonyl (C=O) groups excluding carboxylic acids is 3. The Morgan fingerprint density at radius 2 is 1.48 bits per heavy atom. The fraction of sp³-hybridized carbons (Fsp3) is 0.300. The molecule has 0 unspecified atom stereocenters. The summed E-state index contributed by atoms with van der Waals surface area (Å²) in [7, 11) is 2.81. The number of carboxylic acids is 1. The van der Waals surface area contributed by atoms with Gasteiger partial charge in [-0.05, 0) is 6.07 Å². The van der Waals surface area contributed by atoms with E-state index in [0.29, 0.717) is 11.1 Å². The van der Waals surface area contributed by atoms with Crippen LogP contribution in [0.15, 0.2) is 23.0 Å². The standard InChI is InChI=1S/C20H21N5O8/c1-32-14-4-12-11(6-21)3-19(29)25(13(12)5-15(14)33-2)10-18(28)23-8-16(26)22-7-17(27)24-9-20(30)31/h3-5H,7-10H2,1-2H3,(H,22,26)(H,23,28)(H,24,27)(H,30,31). The average Bonchev–Trinajstić information content (AvgIpc) is 2.80. The Kier molecular flexibility index (Phi) is 8.33. The molecule has 33 heavy (non-hydrogen) atoms. The highest BCUT2D eigenvalue weighted by molar-refractivity contribution is 5.91. The van der Waals surface area contributed by atoms with Crippen LogP contribution in [0.25, 0.3) is 10.9 Å². The molecule has 0 aliphatic rings. The first kappa shape index (κ1) is 24.7. The van der Waals surface area contributed by atoms with Crippen molar-refractivity contribution in [1.82, 2.24) is 20.5 Å². The van der Waals surface area contributed by atoms with Gasteiger partial charge in [0.15, 0.2) is 11.5 Å². The van der Waals surface area contributed by atoms with Crippen molar-refractivity contribution in [3.8, 4) is 17.6 Å². The van der Waals surface area contributed by atoms with Crippen LogP contribution in [0.3, 0.4) is 0 Å². The smallest absolute Gasteiger partial charge is 0.322 e. The molecule has 0 aliphatic carbocycles. The third-order valence-corrected chi connectivity index (χ3v) is 4.37. The number of aromatic nitrogens is 1. The van der Waals surface area contributed by atoms with Crippen LogP contribution in [0, 0.1) is 11.3 Å². The van der Waals surface area contributed by atoms with Gasteiger partial charge in [-0.3, -0.25) is 28.5 Å². The van der Waals surface area contributed by atoms with Crippen molar-refractivity contribution in [2.45, 2.75) is 6.54 Å². The summed E-state index contributed by atoms with van der Waals surface area (Å²) in [5.74, 6) is -2.70. The van der Waals surface area contributed by atoms with Gasteiger partial charge in [-0.2, -0.15) is 5.26 Å². The molecule has 0 bridgehead atoms. The predicted molar refractivity (Wildman–Crippen MR) is 113 cm³/mol. The van der Waals surface area contributed by atoms with E-state index in [1.807, 2.05) is 6.07 Å². The second-order valence-electron chi connectivity index (χ2n) is 6.54. The summed E-state index contributed by atoms with van der Waals surface area (Å²) >= 11 is 0. The number of carbonyl (C=O) groups is 4. The number of hydrogen-bond donors (Lipinski definition) is 4. The minimum absolute atomic E-state index is 0.0909. The van der Waals surface area contributed by atoms with E-state index in [4.69, 9.17) is 14.6 Å². The van der Waals surface area contributed by atoms with Crippen LogP contribution >= 0.6 is 0 Å². The first-order chi connectivity index (χ1) is 15.7. The molecular formula is C20H21N5O8. The molecule has 1 aromatic carbocycles. The normalized spacial score (nSPS) is 10.1. The molecule has 0 radical (unpaired) electrons. The highest BCUT2D eigenvalue weighted by atomic mass is 16.5. The quantitative estimate of drug-likeness (QED) is 0.322. The van der Waals surface area contributed by atoms with Gasteiger partial charge >= 0.3 is 5.97 Å². The first-order valence-corrected chi connectivity index (χ1v) is 9.41. The Morgan fingerprint density at radius 3 is 2.03 bits per heavy atom. The van der Waals surface area contributed by atoms with E-state index in [0.717, 1.165) is 10.6 Å². The number of nitriles is 1. The van der Waals surface area contributed by atoms with Gasteiger partial charge in [-0.25, -0.2) is 0 Å². The molecule has 2 rings (SSSR count). The minimum Gasteiger partial charge on any atom is -0.493 e. The molecule has 0 fully saturated rings. The van der Waals surface area contributed by atoms with Crippen LogP contribution in [0.4, 0.5) is 0 Å². The summed E-state index contributed by atoms with van der Waals surface area (Å²) < 4.78 is 11.6. The third kappa shape index (κ3) is 6.44. The maximum atomic E-state index is 12.5. The number of fused-ring (bicyclic) bond motifs is 1. The number of rotatable bonds is 10.